The van der Waals surface area contributed by atoms with Crippen LogP contribution in [-0.2, 0) is 9.47 Å². The summed E-state index contributed by atoms with van der Waals surface area (Å²) in [4.78, 5) is 0. The van der Waals surface area contributed by atoms with E-state index in [-0.39, 0.29) is 12.2 Å². The molecule has 0 aliphatic heterocycles. The Hall–Kier alpha value is -3.20. The predicted octanol–water partition coefficient (Wildman–Crippen LogP) is 7.22. The molecule has 2 heteroatoms. The first-order chi connectivity index (χ1) is 15.7. The Labute approximate surface area is 191 Å². The van der Waals surface area contributed by atoms with Crippen molar-refractivity contribution in [1.82, 2.24) is 0 Å². The highest BCUT2D eigenvalue weighted by Gasteiger charge is 2.19. The first-order valence-corrected chi connectivity index (χ1v) is 11.2. The molecule has 0 amide bonds. The molecule has 0 bridgehead atoms. The van der Waals surface area contributed by atoms with Crippen LogP contribution >= 0.6 is 0 Å². The highest BCUT2D eigenvalue weighted by molar-refractivity contribution is 5.36. The Kier molecular flexibility index (Phi) is 7.50. The van der Waals surface area contributed by atoms with Crippen molar-refractivity contribution in [2.75, 3.05) is 13.2 Å². The summed E-state index contributed by atoms with van der Waals surface area (Å²) in [7, 11) is 0. The van der Waals surface area contributed by atoms with Crippen LogP contribution in [0, 0.1) is 13.8 Å². The molecule has 0 aliphatic carbocycles. The number of ether oxygens (including phenoxy) is 2. The third-order valence-corrected chi connectivity index (χ3v) is 5.80. The van der Waals surface area contributed by atoms with Gasteiger partial charge in [-0.05, 0) is 47.2 Å². The summed E-state index contributed by atoms with van der Waals surface area (Å²) in [6, 6.07) is 37.6. The average molecular weight is 423 g/mol. The van der Waals surface area contributed by atoms with E-state index in [0.717, 1.165) is 11.1 Å². The molecule has 4 aromatic carbocycles. The Balaban J connectivity index is 1.50. The van der Waals surface area contributed by atoms with Crippen LogP contribution in [0.25, 0.3) is 0 Å². The predicted molar refractivity (Wildman–Crippen MR) is 131 cm³/mol. The maximum Gasteiger partial charge on any atom is 0.108 e. The molecule has 4 aromatic rings. The van der Waals surface area contributed by atoms with Gasteiger partial charge >= 0.3 is 0 Å². The summed E-state index contributed by atoms with van der Waals surface area (Å²) < 4.78 is 12.8. The highest BCUT2D eigenvalue weighted by Crippen LogP contribution is 2.30. The summed E-state index contributed by atoms with van der Waals surface area (Å²) in [5, 5.41) is 0. The van der Waals surface area contributed by atoms with E-state index in [1.165, 1.54) is 22.3 Å². The average Bonchev–Trinajstić information content (AvgIpc) is 2.84. The molecule has 0 spiro atoms. The molecule has 0 aliphatic rings. The minimum absolute atomic E-state index is 0.116. The van der Waals surface area contributed by atoms with Gasteiger partial charge in [0.1, 0.15) is 12.2 Å². The molecule has 0 saturated heterocycles. The molecule has 0 aromatic heterocycles. The summed E-state index contributed by atoms with van der Waals surface area (Å²) >= 11 is 0. The monoisotopic (exact) mass is 422 g/mol. The van der Waals surface area contributed by atoms with Gasteiger partial charge in [-0.25, -0.2) is 0 Å². The van der Waals surface area contributed by atoms with Crippen LogP contribution in [0.5, 0.6) is 0 Å². The maximum absolute atomic E-state index is 6.42. The van der Waals surface area contributed by atoms with Gasteiger partial charge in [0.15, 0.2) is 0 Å². The van der Waals surface area contributed by atoms with Gasteiger partial charge in [-0.1, -0.05) is 109 Å². The molecule has 4 rings (SSSR count). The van der Waals surface area contributed by atoms with Crippen LogP contribution in [0.2, 0.25) is 0 Å². The highest BCUT2D eigenvalue weighted by atomic mass is 16.5. The van der Waals surface area contributed by atoms with E-state index in [1.807, 2.05) is 12.1 Å². The topological polar surface area (TPSA) is 18.5 Å². The normalized spacial score (nSPS) is 12.9. The first-order valence-electron chi connectivity index (χ1n) is 11.2. The van der Waals surface area contributed by atoms with Crippen molar-refractivity contribution in [1.29, 1.82) is 0 Å². The zero-order valence-electron chi connectivity index (χ0n) is 18.8. The molecular formula is C30H30O2. The Bertz CT molecular complexity index is 1010. The number of hydrogen-bond donors (Lipinski definition) is 0. The van der Waals surface area contributed by atoms with Gasteiger partial charge in [0.05, 0.1) is 13.2 Å². The lowest BCUT2D eigenvalue weighted by Gasteiger charge is -2.23. The summed E-state index contributed by atoms with van der Waals surface area (Å²) in [5.74, 6) is 0. The number of rotatable bonds is 9. The maximum atomic E-state index is 6.42. The molecule has 32 heavy (non-hydrogen) atoms. The lowest BCUT2D eigenvalue weighted by molar-refractivity contribution is -0.00121. The van der Waals surface area contributed by atoms with Gasteiger partial charge < -0.3 is 9.47 Å². The van der Waals surface area contributed by atoms with Crippen LogP contribution in [-0.4, -0.2) is 13.2 Å². The molecular weight excluding hydrogens is 392 g/mol. The van der Waals surface area contributed by atoms with Crippen LogP contribution in [0.1, 0.15) is 45.6 Å². The second-order valence-corrected chi connectivity index (χ2v) is 8.04. The summed E-state index contributed by atoms with van der Waals surface area (Å²) in [6.07, 6.45) is -0.232. The molecule has 162 valence electrons. The fraction of sp³-hybridized carbons (Fsp3) is 0.200. The number of hydrogen-bond acceptors (Lipinski definition) is 2. The van der Waals surface area contributed by atoms with E-state index >= 15 is 0 Å². The van der Waals surface area contributed by atoms with Crippen LogP contribution in [0.15, 0.2) is 109 Å². The van der Waals surface area contributed by atoms with E-state index in [1.54, 1.807) is 0 Å². The SMILES string of the molecule is Cc1ccccc1C(OCCOC(c1ccccc1)c1ccccc1C)c1ccccc1. The molecule has 0 N–H and O–H groups in total. The molecule has 0 saturated carbocycles. The van der Waals surface area contributed by atoms with E-state index in [0.29, 0.717) is 13.2 Å². The third-order valence-electron chi connectivity index (χ3n) is 5.80. The lowest BCUT2D eigenvalue weighted by Crippen LogP contribution is -2.15. The Morgan fingerprint density at radius 3 is 1.19 bits per heavy atom. The largest absolute Gasteiger partial charge is 0.366 e. The minimum Gasteiger partial charge on any atom is -0.366 e. The van der Waals surface area contributed by atoms with E-state index in [9.17, 15) is 0 Å². The first kappa shape index (κ1) is 22.0. The van der Waals surface area contributed by atoms with E-state index < -0.39 is 0 Å². The second-order valence-electron chi connectivity index (χ2n) is 8.04. The molecule has 2 unspecified atom stereocenters. The summed E-state index contributed by atoms with van der Waals surface area (Å²) in [5.41, 5.74) is 7.14. The molecule has 2 nitrogen and oxygen atoms in total. The fourth-order valence-corrected chi connectivity index (χ4v) is 4.08. The smallest absolute Gasteiger partial charge is 0.108 e. The van der Waals surface area contributed by atoms with Gasteiger partial charge in [0, 0.05) is 0 Å². The molecule has 0 fully saturated rings. The minimum atomic E-state index is -0.116. The Morgan fingerprint density at radius 1 is 0.469 bits per heavy atom. The zero-order valence-corrected chi connectivity index (χ0v) is 18.8. The summed E-state index contributed by atoms with van der Waals surface area (Å²) in [6.45, 7) is 5.27. The third kappa shape index (κ3) is 5.34. The number of aryl methyl sites for hydroxylation is 2. The van der Waals surface area contributed by atoms with Gasteiger partial charge in [0.2, 0.25) is 0 Å². The van der Waals surface area contributed by atoms with Crippen molar-refractivity contribution in [2.24, 2.45) is 0 Å². The van der Waals surface area contributed by atoms with Gasteiger partial charge in [-0.3, -0.25) is 0 Å². The van der Waals surface area contributed by atoms with Crippen molar-refractivity contribution < 1.29 is 9.47 Å². The number of benzene rings is 4. The van der Waals surface area contributed by atoms with Crippen LogP contribution in [0.4, 0.5) is 0 Å². The van der Waals surface area contributed by atoms with Crippen molar-refractivity contribution >= 4 is 0 Å². The van der Waals surface area contributed by atoms with Gasteiger partial charge in [-0.15, -0.1) is 0 Å². The quantitative estimate of drug-likeness (QED) is 0.265. The Morgan fingerprint density at radius 2 is 0.812 bits per heavy atom. The van der Waals surface area contributed by atoms with Crippen molar-refractivity contribution in [3.05, 3.63) is 143 Å². The second kappa shape index (κ2) is 10.9. The van der Waals surface area contributed by atoms with Crippen molar-refractivity contribution in [3.63, 3.8) is 0 Å². The molecule has 0 heterocycles. The molecule has 2 atom stereocenters. The standard InChI is InChI=1S/C30H30O2/c1-23-13-9-11-19-27(23)29(25-15-5-3-6-16-25)31-21-22-32-30(26-17-7-4-8-18-26)28-20-12-10-14-24(28)2/h3-20,29-30H,21-22H2,1-2H3. The van der Waals surface area contributed by atoms with Gasteiger partial charge in [0.25, 0.3) is 0 Å². The van der Waals surface area contributed by atoms with E-state index in [2.05, 4.69) is 111 Å². The van der Waals surface area contributed by atoms with Gasteiger partial charge in [-0.2, -0.15) is 0 Å². The van der Waals surface area contributed by atoms with Crippen LogP contribution < -0.4 is 0 Å². The molecule has 0 radical (unpaired) electrons. The zero-order chi connectivity index (χ0) is 22.2. The van der Waals surface area contributed by atoms with Crippen LogP contribution in [0.3, 0.4) is 0 Å². The lowest BCUT2D eigenvalue weighted by atomic mass is 9.97. The fourth-order valence-electron chi connectivity index (χ4n) is 4.08. The van der Waals surface area contributed by atoms with Crippen molar-refractivity contribution in [2.45, 2.75) is 26.1 Å². The van der Waals surface area contributed by atoms with E-state index in [4.69, 9.17) is 9.47 Å². The van der Waals surface area contributed by atoms with Crippen molar-refractivity contribution in [3.8, 4) is 0 Å².